The number of amides is 1. The first-order chi connectivity index (χ1) is 9.81. The Balaban J connectivity index is 2.12. The summed E-state index contributed by atoms with van der Waals surface area (Å²) in [6.07, 6.45) is 0.419. The van der Waals surface area contributed by atoms with E-state index >= 15 is 0 Å². The molecule has 2 atom stereocenters. The third kappa shape index (κ3) is 3.37. The van der Waals surface area contributed by atoms with Crippen LogP contribution in [0, 0.1) is 17.6 Å². The zero-order valence-electron chi connectivity index (χ0n) is 11.8. The molecular formula is C15H17F2NO3. The van der Waals surface area contributed by atoms with Gasteiger partial charge in [-0.15, -0.1) is 0 Å². The van der Waals surface area contributed by atoms with Crippen LogP contribution in [0.15, 0.2) is 18.2 Å². The SMILES string of the molecule is CC(C)N(CC(=O)O)C(=O)C1CC1c1cc(F)ccc1F. The molecule has 2 rings (SSSR count). The van der Waals surface area contributed by atoms with Crippen molar-refractivity contribution >= 4 is 11.9 Å². The Labute approximate surface area is 121 Å². The van der Waals surface area contributed by atoms with Crippen LogP contribution < -0.4 is 0 Å². The summed E-state index contributed by atoms with van der Waals surface area (Å²) in [6, 6.07) is 2.92. The second-order valence-corrected chi connectivity index (χ2v) is 5.57. The molecule has 1 aromatic carbocycles. The fourth-order valence-corrected chi connectivity index (χ4v) is 2.48. The molecule has 1 aliphatic rings. The minimum absolute atomic E-state index is 0.187. The van der Waals surface area contributed by atoms with Crippen LogP contribution >= 0.6 is 0 Å². The quantitative estimate of drug-likeness (QED) is 0.908. The fraction of sp³-hybridized carbons (Fsp3) is 0.467. The molecule has 1 saturated carbocycles. The molecule has 0 saturated heterocycles. The molecule has 0 bridgehead atoms. The van der Waals surface area contributed by atoms with Crippen LogP contribution in [0.2, 0.25) is 0 Å². The molecule has 0 radical (unpaired) electrons. The number of hydrogen-bond donors (Lipinski definition) is 1. The molecule has 1 N–H and O–H groups in total. The minimum atomic E-state index is -1.09. The number of rotatable bonds is 5. The molecule has 0 spiro atoms. The average Bonchev–Trinajstić information content (AvgIpc) is 3.17. The Morgan fingerprint density at radius 1 is 1.38 bits per heavy atom. The summed E-state index contributed by atoms with van der Waals surface area (Å²) in [7, 11) is 0. The van der Waals surface area contributed by atoms with E-state index in [4.69, 9.17) is 5.11 Å². The van der Waals surface area contributed by atoms with Gasteiger partial charge in [-0.25, -0.2) is 8.78 Å². The minimum Gasteiger partial charge on any atom is -0.480 e. The van der Waals surface area contributed by atoms with Crippen LogP contribution in [-0.2, 0) is 9.59 Å². The molecule has 0 aromatic heterocycles. The highest BCUT2D eigenvalue weighted by Crippen LogP contribution is 2.49. The fourth-order valence-electron chi connectivity index (χ4n) is 2.48. The number of hydrogen-bond acceptors (Lipinski definition) is 2. The maximum Gasteiger partial charge on any atom is 0.323 e. The van der Waals surface area contributed by atoms with Crippen LogP contribution in [-0.4, -0.2) is 34.5 Å². The van der Waals surface area contributed by atoms with E-state index in [-0.39, 0.29) is 30.0 Å². The third-order valence-corrected chi connectivity index (χ3v) is 3.68. The van der Waals surface area contributed by atoms with Crippen molar-refractivity contribution in [1.82, 2.24) is 4.90 Å². The van der Waals surface area contributed by atoms with Crippen molar-refractivity contribution in [2.45, 2.75) is 32.2 Å². The van der Waals surface area contributed by atoms with E-state index in [1.807, 2.05) is 0 Å². The second kappa shape index (κ2) is 5.79. The highest BCUT2D eigenvalue weighted by molar-refractivity contribution is 5.86. The summed E-state index contributed by atoms with van der Waals surface area (Å²) in [4.78, 5) is 24.4. The number of nitrogens with zero attached hydrogens (tertiary/aromatic N) is 1. The summed E-state index contributed by atoms with van der Waals surface area (Å²) in [5, 5.41) is 8.84. The van der Waals surface area contributed by atoms with Crippen LogP contribution in [0.25, 0.3) is 0 Å². The molecule has 21 heavy (non-hydrogen) atoms. The van der Waals surface area contributed by atoms with E-state index in [2.05, 4.69) is 0 Å². The number of aliphatic carboxylic acids is 1. The van der Waals surface area contributed by atoms with Gasteiger partial charge in [-0.2, -0.15) is 0 Å². The van der Waals surface area contributed by atoms with E-state index in [1.54, 1.807) is 13.8 Å². The maximum absolute atomic E-state index is 13.7. The summed E-state index contributed by atoms with van der Waals surface area (Å²) in [6.45, 7) is 3.06. The zero-order valence-corrected chi connectivity index (χ0v) is 11.8. The first-order valence-corrected chi connectivity index (χ1v) is 6.78. The van der Waals surface area contributed by atoms with Gasteiger partial charge in [0.05, 0.1) is 0 Å². The van der Waals surface area contributed by atoms with Gasteiger partial charge in [-0.1, -0.05) is 0 Å². The number of halogens is 2. The van der Waals surface area contributed by atoms with Gasteiger partial charge in [-0.05, 0) is 49.9 Å². The molecule has 114 valence electrons. The van der Waals surface area contributed by atoms with Gasteiger partial charge in [0.25, 0.3) is 0 Å². The number of carbonyl (C=O) groups excluding carboxylic acids is 1. The summed E-state index contributed by atoms with van der Waals surface area (Å²) < 4.78 is 26.9. The van der Waals surface area contributed by atoms with Crippen molar-refractivity contribution in [2.24, 2.45) is 5.92 Å². The molecule has 1 fully saturated rings. The third-order valence-electron chi connectivity index (χ3n) is 3.68. The molecule has 6 heteroatoms. The van der Waals surface area contributed by atoms with Crippen LogP contribution in [0.1, 0.15) is 31.7 Å². The zero-order chi connectivity index (χ0) is 15.7. The Hall–Kier alpha value is -1.98. The Morgan fingerprint density at radius 2 is 2.05 bits per heavy atom. The Bertz CT molecular complexity index is 574. The van der Waals surface area contributed by atoms with Gasteiger partial charge < -0.3 is 10.0 Å². The van der Waals surface area contributed by atoms with E-state index in [9.17, 15) is 18.4 Å². The number of carboxylic acids is 1. The molecule has 2 unspecified atom stereocenters. The lowest BCUT2D eigenvalue weighted by molar-refractivity contribution is -0.146. The largest absolute Gasteiger partial charge is 0.480 e. The Kier molecular flexibility index (Phi) is 4.25. The summed E-state index contributed by atoms with van der Waals surface area (Å²) >= 11 is 0. The molecular weight excluding hydrogens is 280 g/mol. The maximum atomic E-state index is 13.7. The monoisotopic (exact) mass is 297 g/mol. The lowest BCUT2D eigenvalue weighted by atomic mass is 10.1. The van der Waals surface area contributed by atoms with Gasteiger partial charge >= 0.3 is 5.97 Å². The standard InChI is InChI=1S/C15H17F2NO3/c1-8(2)18(7-14(19)20)15(21)12-6-10(12)11-5-9(16)3-4-13(11)17/h3-5,8,10,12H,6-7H2,1-2H3,(H,19,20). The van der Waals surface area contributed by atoms with Crippen molar-refractivity contribution in [2.75, 3.05) is 6.54 Å². The molecule has 1 aliphatic carbocycles. The van der Waals surface area contributed by atoms with Crippen LogP contribution in [0.5, 0.6) is 0 Å². The van der Waals surface area contributed by atoms with Crippen molar-refractivity contribution < 1.29 is 23.5 Å². The molecule has 4 nitrogen and oxygen atoms in total. The van der Waals surface area contributed by atoms with Gasteiger partial charge in [0.1, 0.15) is 18.2 Å². The van der Waals surface area contributed by atoms with Gasteiger partial charge in [0, 0.05) is 12.0 Å². The van der Waals surface area contributed by atoms with Crippen LogP contribution in [0.4, 0.5) is 8.78 Å². The average molecular weight is 297 g/mol. The predicted octanol–water partition coefficient (Wildman–Crippen LogP) is 2.39. The van der Waals surface area contributed by atoms with E-state index in [1.165, 1.54) is 4.90 Å². The summed E-state index contributed by atoms with van der Waals surface area (Å²) in [5.41, 5.74) is 0.187. The van der Waals surface area contributed by atoms with Gasteiger partial charge in [-0.3, -0.25) is 9.59 Å². The van der Waals surface area contributed by atoms with Gasteiger partial charge in [0.2, 0.25) is 5.91 Å². The highest BCUT2D eigenvalue weighted by Gasteiger charge is 2.47. The van der Waals surface area contributed by atoms with E-state index in [0.29, 0.717) is 6.42 Å². The van der Waals surface area contributed by atoms with Crippen molar-refractivity contribution in [3.05, 3.63) is 35.4 Å². The summed E-state index contributed by atoms with van der Waals surface area (Å²) in [5.74, 6) is -3.33. The van der Waals surface area contributed by atoms with Crippen LogP contribution in [0.3, 0.4) is 0 Å². The Morgan fingerprint density at radius 3 is 2.62 bits per heavy atom. The topological polar surface area (TPSA) is 57.6 Å². The molecule has 1 aromatic rings. The highest BCUT2D eigenvalue weighted by atomic mass is 19.1. The van der Waals surface area contributed by atoms with Crippen molar-refractivity contribution in [3.63, 3.8) is 0 Å². The number of benzene rings is 1. The number of carboxylic acid groups (broad SMARTS) is 1. The lowest BCUT2D eigenvalue weighted by Gasteiger charge is -2.25. The normalized spacial score (nSPS) is 20.4. The molecule has 1 amide bonds. The molecule has 0 aliphatic heterocycles. The first kappa shape index (κ1) is 15.4. The van der Waals surface area contributed by atoms with Crippen molar-refractivity contribution in [1.29, 1.82) is 0 Å². The molecule has 0 heterocycles. The van der Waals surface area contributed by atoms with E-state index < -0.39 is 23.5 Å². The number of carbonyl (C=O) groups is 2. The van der Waals surface area contributed by atoms with Crippen molar-refractivity contribution in [3.8, 4) is 0 Å². The van der Waals surface area contributed by atoms with Gasteiger partial charge in [0.15, 0.2) is 0 Å². The lowest BCUT2D eigenvalue weighted by Crippen LogP contribution is -2.41. The van der Waals surface area contributed by atoms with E-state index in [0.717, 1.165) is 18.2 Å². The predicted molar refractivity (Wildman–Crippen MR) is 71.7 cm³/mol. The second-order valence-electron chi connectivity index (χ2n) is 5.57. The first-order valence-electron chi connectivity index (χ1n) is 6.78. The smallest absolute Gasteiger partial charge is 0.323 e.